The van der Waals surface area contributed by atoms with Crippen molar-refractivity contribution < 1.29 is 14.3 Å². The summed E-state index contributed by atoms with van der Waals surface area (Å²) in [5, 5.41) is 0.711. The molecule has 3 aromatic rings. The van der Waals surface area contributed by atoms with Crippen LogP contribution in [0.4, 0.5) is 0 Å². The number of hydrogen-bond acceptors (Lipinski definition) is 4. The second kappa shape index (κ2) is 7.06. The monoisotopic (exact) mass is 428 g/mol. The Morgan fingerprint density at radius 2 is 1.90 bits per heavy atom. The smallest absolute Gasteiger partial charge is 0.218 e. The Hall–Kier alpha value is -1.99. The number of halogens is 1. The van der Waals surface area contributed by atoms with Gasteiger partial charge in [0, 0.05) is 11.4 Å². The van der Waals surface area contributed by atoms with E-state index in [1.165, 1.54) is 11.1 Å². The summed E-state index contributed by atoms with van der Waals surface area (Å²) in [5.74, 6) is -0.0264. The minimum atomic E-state index is -0.717. The lowest BCUT2D eigenvalue weighted by Gasteiger charge is -2.28. The van der Waals surface area contributed by atoms with Crippen molar-refractivity contribution in [2.45, 2.75) is 45.2 Å². The van der Waals surface area contributed by atoms with Crippen molar-refractivity contribution in [2.24, 2.45) is 0 Å². The molecule has 0 unspecified atom stereocenters. The highest BCUT2D eigenvalue weighted by Gasteiger charge is 2.44. The zero-order chi connectivity index (χ0) is 20.3. The van der Waals surface area contributed by atoms with Crippen LogP contribution in [0.5, 0.6) is 0 Å². The number of nitrogens with zero attached hydrogens (tertiary/aromatic N) is 2. The second-order valence-corrected chi connectivity index (χ2v) is 8.61. The number of carbonyl (C=O) groups excluding carboxylic acids is 1. The molecule has 2 aliphatic heterocycles. The molecule has 0 aliphatic carbocycles. The van der Waals surface area contributed by atoms with Crippen LogP contribution < -0.4 is 0 Å². The van der Waals surface area contributed by atoms with Crippen molar-refractivity contribution >= 4 is 40.6 Å². The van der Waals surface area contributed by atoms with E-state index in [0.29, 0.717) is 29.4 Å². The lowest BCUT2D eigenvalue weighted by atomic mass is 10.0. The third-order valence-electron chi connectivity index (χ3n) is 6.01. The fourth-order valence-electron chi connectivity index (χ4n) is 4.28. The summed E-state index contributed by atoms with van der Waals surface area (Å²) in [4.78, 5) is 12.4. The van der Waals surface area contributed by atoms with Crippen LogP contribution in [-0.2, 0) is 20.8 Å². The van der Waals surface area contributed by atoms with Crippen molar-refractivity contribution in [1.29, 1.82) is 0 Å². The lowest BCUT2D eigenvalue weighted by molar-refractivity contribution is -0.156. The standard InChI is InChI=1S/C22H21ClN2O3S/c1-12-7-16-17(8-13(12)2)25(18-9-19(26)21-27-11-20(18)28-21)22(29)24(16)10-14-5-3-4-6-15(14)23/h3-8,18,20-21H,9-11H2,1-2H3/t18-,20-,21-/m1/s1. The summed E-state index contributed by atoms with van der Waals surface area (Å²) in [5.41, 5.74) is 5.42. The Labute approximate surface area is 178 Å². The molecule has 7 heteroatoms. The number of Topliss-reactive ketones (excluding diaryl/α,β-unsaturated/α-hetero) is 1. The fraction of sp³-hybridized carbons (Fsp3) is 0.364. The molecule has 0 N–H and O–H groups in total. The molecule has 2 fully saturated rings. The predicted octanol–water partition coefficient (Wildman–Crippen LogP) is 4.75. The van der Waals surface area contributed by atoms with Crippen LogP contribution in [0.1, 0.15) is 29.2 Å². The first-order chi connectivity index (χ1) is 13.9. The van der Waals surface area contributed by atoms with Gasteiger partial charge in [0.2, 0.25) is 6.29 Å². The number of imidazole rings is 1. The maximum Gasteiger partial charge on any atom is 0.218 e. The van der Waals surface area contributed by atoms with E-state index in [2.05, 4.69) is 35.1 Å². The van der Waals surface area contributed by atoms with Gasteiger partial charge in [-0.15, -0.1) is 0 Å². The molecule has 2 saturated heterocycles. The number of aromatic nitrogens is 2. The number of ketones is 1. The van der Waals surface area contributed by atoms with E-state index in [4.69, 9.17) is 33.3 Å². The normalized spacial score (nSPS) is 23.8. The number of benzene rings is 2. The van der Waals surface area contributed by atoms with Crippen LogP contribution in [0.25, 0.3) is 11.0 Å². The molecule has 3 heterocycles. The maximum atomic E-state index is 12.4. The lowest BCUT2D eigenvalue weighted by Crippen LogP contribution is -2.37. The third kappa shape index (κ3) is 3.06. The number of aryl methyl sites for hydroxylation is 2. The molecule has 29 heavy (non-hydrogen) atoms. The van der Waals surface area contributed by atoms with Gasteiger partial charge in [0.15, 0.2) is 10.6 Å². The van der Waals surface area contributed by atoms with Crippen LogP contribution in [0.15, 0.2) is 36.4 Å². The van der Waals surface area contributed by atoms with Gasteiger partial charge in [0.05, 0.1) is 30.2 Å². The van der Waals surface area contributed by atoms with E-state index < -0.39 is 6.29 Å². The summed E-state index contributed by atoms with van der Waals surface area (Å²) in [6, 6.07) is 11.9. The molecule has 0 amide bonds. The zero-order valence-electron chi connectivity index (χ0n) is 16.2. The van der Waals surface area contributed by atoms with Gasteiger partial charge in [-0.1, -0.05) is 29.8 Å². The molecule has 2 aromatic carbocycles. The highest BCUT2D eigenvalue weighted by Crippen LogP contribution is 2.37. The van der Waals surface area contributed by atoms with Crippen molar-refractivity contribution in [3.8, 4) is 0 Å². The van der Waals surface area contributed by atoms with Crippen LogP contribution in [0.3, 0.4) is 0 Å². The molecule has 5 nitrogen and oxygen atoms in total. The zero-order valence-corrected chi connectivity index (χ0v) is 17.8. The Balaban J connectivity index is 1.71. The Kier molecular flexibility index (Phi) is 4.62. The highest BCUT2D eigenvalue weighted by molar-refractivity contribution is 7.71. The predicted molar refractivity (Wildman–Crippen MR) is 114 cm³/mol. The third-order valence-corrected chi connectivity index (χ3v) is 6.79. The van der Waals surface area contributed by atoms with Gasteiger partial charge in [0.25, 0.3) is 0 Å². The molecular formula is C22H21ClN2O3S. The number of ether oxygens (including phenoxy) is 2. The van der Waals surface area contributed by atoms with Crippen LogP contribution >= 0.6 is 23.8 Å². The molecule has 0 saturated carbocycles. The Morgan fingerprint density at radius 1 is 1.17 bits per heavy atom. The van der Waals surface area contributed by atoms with Crippen LogP contribution in [0.2, 0.25) is 5.02 Å². The Morgan fingerprint density at radius 3 is 2.66 bits per heavy atom. The van der Waals surface area contributed by atoms with Crippen LogP contribution in [-0.4, -0.2) is 33.9 Å². The first-order valence-corrected chi connectivity index (χ1v) is 10.5. The molecule has 0 radical (unpaired) electrons. The summed E-state index contributed by atoms with van der Waals surface area (Å²) in [6.07, 6.45) is -0.529. The van der Waals surface area contributed by atoms with E-state index in [9.17, 15) is 4.79 Å². The average Bonchev–Trinajstić information content (AvgIpc) is 3.23. The second-order valence-electron chi connectivity index (χ2n) is 7.83. The molecule has 2 aliphatic rings. The Bertz CT molecular complexity index is 1200. The number of rotatable bonds is 3. The van der Waals surface area contributed by atoms with Gasteiger partial charge in [-0.25, -0.2) is 0 Å². The quantitative estimate of drug-likeness (QED) is 0.565. The molecule has 3 atom stereocenters. The molecule has 1 aromatic heterocycles. The number of fused-ring (bicyclic) bond motifs is 3. The van der Waals surface area contributed by atoms with E-state index in [1.807, 2.05) is 24.3 Å². The van der Waals surface area contributed by atoms with Gasteiger partial charge in [-0.3, -0.25) is 4.79 Å². The SMILES string of the molecule is Cc1cc2c(cc1C)n([C@@H]1CC(=O)[C@@H]3OC[C@H]1O3)c(=S)n2Cc1ccccc1Cl. The topological polar surface area (TPSA) is 45.4 Å². The van der Waals surface area contributed by atoms with E-state index >= 15 is 0 Å². The van der Waals surface area contributed by atoms with Crippen molar-refractivity contribution in [1.82, 2.24) is 9.13 Å². The molecule has 150 valence electrons. The average molecular weight is 429 g/mol. The van der Waals surface area contributed by atoms with Crippen LogP contribution in [0, 0.1) is 18.6 Å². The fourth-order valence-corrected chi connectivity index (χ4v) is 4.87. The summed E-state index contributed by atoms with van der Waals surface area (Å²) in [7, 11) is 0. The molecule has 2 bridgehead atoms. The summed E-state index contributed by atoms with van der Waals surface area (Å²) < 4.78 is 16.2. The molecular weight excluding hydrogens is 408 g/mol. The largest absolute Gasteiger partial charge is 0.343 e. The van der Waals surface area contributed by atoms with Crippen molar-refractivity contribution in [3.63, 3.8) is 0 Å². The van der Waals surface area contributed by atoms with Gasteiger partial charge >= 0.3 is 0 Å². The van der Waals surface area contributed by atoms with E-state index in [1.54, 1.807) is 0 Å². The van der Waals surface area contributed by atoms with E-state index in [-0.39, 0.29) is 17.9 Å². The van der Waals surface area contributed by atoms with Gasteiger partial charge in [-0.2, -0.15) is 0 Å². The number of carbonyl (C=O) groups is 1. The first kappa shape index (κ1) is 19.0. The first-order valence-electron chi connectivity index (χ1n) is 9.69. The maximum absolute atomic E-state index is 12.4. The summed E-state index contributed by atoms with van der Waals surface area (Å²) >= 11 is 12.4. The van der Waals surface area contributed by atoms with Crippen molar-refractivity contribution in [3.05, 3.63) is 62.9 Å². The van der Waals surface area contributed by atoms with Gasteiger partial charge in [-0.05, 0) is 61.0 Å². The minimum absolute atomic E-state index is 0.0264. The van der Waals surface area contributed by atoms with Gasteiger partial charge < -0.3 is 18.6 Å². The van der Waals surface area contributed by atoms with E-state index in [0.717, 1.165) is 16.6 Å². The minimum Gasteiger partial charge on any atom is -0.343 e. The highest BCUT2D eigenvalue weighted by atomic mass is 35.5. The molecule has 0 spiro atoms. The number of hydrogen-bond donors (Lipinski definition) is 0. The van der Waals surface area contributed by atoms with Crippen molar-refractivity contribution in [2.75, 3.05) is 6.61 Å². The summed E-state index contributed by atoms with van der Waals surface area (Å²) in [6.45, 7) is 5.16. The molecule has 5 rings (SSSR count). The van der Waals surface area contributed by atoms with Gasteiger partial charge in [0.1, 0.15) is 6.10 Å².